The largest absolute Gasteiger partial charge is 0.548 e. The Morgan fingerprint density at radius 1 is 1.00 bits per heavy atom. The zero-order valence-corrected chi connectivity index (χ0v) is 11.2. The van der Waals surface area contributed by atoms with Gasteiger partial charge in [0.05, 0.1) is 12.0 Å². The van der Waals surface area contributed by atoms with Gasteiger partial charge < -0.3 is 20.0 Å². The van der Waals surface area contributed by atoms with Gasteiger partial charge in [0, 0.05) is 0 Å². The highest BCUT2D eigenvalue weighted by atomic mass is 16.5. The molecule has 0 heterocycles. The van der Waals surface area contributed by atoms with Crippen LogP contribution in [0.2, 0.25) is 0 Å². The van der Waals surface area contributed by atoms with Crippen LogP contribution in [-0.4, -0.2) is 12.1 Å². The standard InChI is InChI=1S/C16H15NO4/c18-15(19)14(13-9-5-2-6-10-13)17-16(20)21-11-12-7-3-1-4-8-12/h1-10,14H,11H2,(H,17,20)(H,18,19)/p-1/t14-/m1/s1. The smallest absolute Gasteiger partial charge is 0.408 e. The van der Waals surface area contributed by atoms with E-state index in [2.05, 4.69) is 5.32 Å². The summed E-state index contributed by atoms with van der Waals surface area (Å²) in [4.78, 5) is 22.8. The van der Waals surface area contributed by atoms with Crippen LogP contribution in [0, 0.1) is 0 Å². The lowest BCUT2D eigenvalue weighted by atomic mass is 10.1. The normalized spacial score (nSPS) is 11.4. The van der Waals surface area contributed by atoms with E-state index in [1.165, 1.54) is 0 Å². The number of aliphatic carboxylic acids is 1. The molecule has 0 radical (unpaired) electrons. The van der Waals surface area contributed by atoms with E-state index in [4.69, 9.17) is 4.74 Å². The Balaban J connectivity index is 1.95. The summed E-state index contributed by atoms with van der Waals surface area (Å²) in [6, 6.07) is 16.2. The highest BCUT2D eigenvalue weighted by molar-refractivity contribution is 5.80. The second-order valence-electron chi connectivity index (χ2n) is 4.37. The third kappa shape index (κ3) is 4.35. The number of ether oxygens (including phenoxy) is 1. The van der Waals surface area contributed by atoms with Crippen LogP contribution in [0.1, 0.15) is 17.2 Å². The van der Waals surface area contributed by atoms with Crippen molar-refractivity contribution in [3.8, 4) is 0 Å². The molecule has 0 aliphatic heterocycles. The average molecular weight is 284 g/mol. The van der Waals surface area contributed by atoms with Gasteiger partial charge >= 0.3 is 6.09 Å². The molecule has 0 spiro atoms. The van der Waals surface area contributed by atoms with Gasteiger partial charge in [0.25, 0.3) is 0 Å². The monoisotopic (exact) mass is 284 g/mol. The number of rotatable bonds is 5. The number of carbonyl (C=O) groups excluding carboxylic acids is 2. The van der Waals surface area contributed by atoms with Gasteiger partial charge in [-0.3, -0.25) is 0 Å². The first kappa shape index (κ1) is 14.6. The fourth-order valence-corrected chi connectivity index (χ4v) is 1.81. The predicted octanol–water partition coefficient (Wildman–Crippen LogP) is 1.40. The molecule has 5 nitrogen and oxygen atoms in total. The van der Waals surface area contributed by atoms with Crippen molar-refractivity contribution in [1.29, 1.82) is 0 Å². The van der Waals surface area contributed by atoms with E-state index in [0.29, 0.717) is 5.56 Å². The lowest BCUT2D eigenvalue weighted by molar-refractivity contribution is -0.308. The number of hydrogen-bond donors (Lipinski definition) is 1. The minimum atomic E-state index is -1.39. The topological polar surface area (TPSA) is 78.5 Å². The number of carboxylic acids is 1. The molecule has 5 heteroatoms. The quantitative estimate of drug-likeness (QED) is 0.900. The summed E-state index contributed by atoms with van der Waals surface area (Å²) in [6.07, 6.45) is -0.808. The number of alkyl carbamates (subject to hydrolysis) is 1. The van der Waals surface area contributed by atoms with E-state index in [-0.39, 0.29) is 6.61 Å². The third-order valence-corrected chi connectivity index (χ3v) is 2.84. The molecule has 2 rings (SSSR count). The van der Waals surface area contributed by atoms with Crippen molar-refractivity contribution in [2.24, 2.45) is 0 Å². The summed E-state index contributed by atoms with van der Waals surface area (Å²) in [5.41, 5.74) is 1.24. The van der Waals surface area contributed by atoms with Gasteiger partial charge in [-0.15, -0.1) is 0 Å². The van der Waals surface area contributed by atoms with Crippen molar-refractivity contribution in [3.05, 3.63) is 71.8 Å². The molecule has 1 amide bonds. The summed E-state index contributed by atoms with van der Waals surface area (Å²) in [5, 5.41) is 13.4. The summed E-state index contributed by atoms with van der Waals surface area (Å²) in [7, 11) is 0. The third-order valence-electron chi connectivity index (χ3n) is 2.84. The molecule has 2 aromatic carbocycles. The van der Waals surface area contributed by atoms with E-state index in [9.17, 15) is 14.7 Å². The van der Waals surface area contributed by atoms with Gasteiger partial charge in [-0.1, -0.05) is 60.7 Å². The highest BCUT2D eigenvalue weighted by Gasteiger charge is 2.16. The van der Waals surface area contributed by atoms with Gasteiger partial charge in [0.15, 0.2) is 0 Å². The van der Waals surface area contributed by atoms with Crippen molar-refractivity contribution in [2.45, 2.75) is 12.6 Å². The molecule has 0 aliphatic rings. The molecular formula is C16H14NO4-. The number of carbonyl (C=O) groups is 2. The molecule has 2 aromatic rings. The molecule has 108 valence electrons. The second-order valence-corrected chi connectivity index (χ2v) is 4.37. The Morgan fingerprint density at radius 3 is 2.14 bits per heavy atom. The van der Waals surface area contributed by atoms with Crippen LogP contribution in [-0.2, 0) is 16.1 Å². The van der Waals surface area contributed by atoms with Crippen LogP contribution >= 0.6 is 0 Å². The van der Waals surface area contributed by atoms with Crippen LogP contribution in [0.15, 0.2) is 60.7 Å². The predicted molar refractivity (Wildman–Crippen MR) is 74.0 cm³/mol. The Labute approximate surface area is 122 Å². The molecule has 0 fully saturated rings. The molecule has 1 N–H and O–H groups in total. The zero-order chi connectivity index (χ0) is 15.1. The minimum absolute atomic E-state index is 0.0707. The van der Waals surface area contributed by atoms with Crippen molar-refractivity contribution in [1.82, 2.24) is 5.32 Å². The van der Waals surface area contributed by atoms with Crippen molar-refractivity contribution in [2.75, 3.05) is 0 Å². The summed E-state index contributed by atoms with van der Waals surface area (Å²) < 4.78 is 4.99. The van der Waals surface area contributed by atoms with Crippen LogP contribution < -0.4 is 10.4 Å². The van der Waals surface area contributed by atoms with Gasteiger partial charge in [0.2, 0.25) is 0 Å². The van der Waals surface area contributed by atoms with Crippen molar-refractivity contribution < 1.29 is 19.4 Å². The van der Waals surface area contributed by atoms with Gasteiger partial charge in [-0.2, -0.15) is 0 Å². The van der Waals surface area contributed by atoms with E-state index in [1.54, 1.807) is 42.5 Å². The molecule has 0 aromatic heterocycles. The van der Waals surface area contributed by atoms with Gasteiger partial charge in [-0.25, -0.2) is 4.79 Å². The maximum atomic E-state index is 11.7. The van der Waals surface area contributed by atoms with Crippen molar-refractivity contribution in [3.63, 3.8) is 0 Å². The van der Waals surface area contributed by atoms with Crippen LogP contribution in [0.3, 0.4) is 0 Å². The molecule has 0 aliphatic carbocycles. The second kappa shape index (κ2) is 7.09. The molecule has 21 heavy (non-hydrogen) atoms. The van der Waals surface area contributed by atoms with Crippen LogP contribution in [0.5, 0.6) is 0 Å². The molecule has 0 bridgehead atoms. The Morgan fingerprint density at radius 2 is 1.57 bits per heavy atom. The lowest BCUT2D eigenvalue weighted by Crippen LogP contribution is -2.41. The Kier molecular flexibility index (Phi) is 4.93. The van der Waals surface area contributed by atoms with Crippen LogP contribution in [0.4, 0.5) is 4.79 Å². The first-order valence-electron chi connectivity index (χ1n) is 6.40. The van der Waals surface area contributed by atoms with Gasteiger partial charge in [0.1, 0.15) is 6.61 Å². The molecular weight excluding hydrogens is 270 g/mol. The van der Waals surface area contributed by atoms with E-state index in [1.807, 2.05) is 18.2 Å². The van der Waals surface area contributed by atoms with Gasteiger partial charge in [-0.05, 0) is 11.1 Å². The molecule has 0 unspecified atom stereocenters. The summed E-state index contributed by atoms with van der Waals surface area (Å²) in [6.45, 7) is 0.0707. The van der Waals surface area contributed by atoms with Crippen molar-refractivity contribution >= 4 is 12.1 Å². The Hall–Kier alpha value is -2.82. The number of carboxylic acid groups (broad SMARTS) is 1. The van der Waals surface area contributed by atoms with E-state index >= 15 is 0 Å². The lowest BCUT2D eigenvalue weighted by Gasteiger charge is -2.19. The van der Waals surface area contributed by atoms with E-state index < -0.39 is 18.1 Å². The molecule has 1 atom stereocenters. The highest BCUT2D eigenvalue weighted by Crippen LogP contribution is 2.12. The SMILES string of the molecule is O=C(N[C@@H](C(=O)[O-])c1ccccc1)OCc1ccccc1. The molecule has 0 saturated heterocycles. The van der Waals surface area contributed by atoms with E-state index in [0.717, 1.165) is 5.56 Å². The number of amides is 1. The minimum Gasteiger partial charge on any atom is -0.548 e. The number of nitrogens with one attached hydrogen (secondary N) is 1. The summed E-state index contributed by atoms with van der Waals surface area (Å²) >= 11 is 0. The zero-order valence-electron chi connectivity index (χ0n) is 11.2. The number of hydrogen-bond acceptors (Lipinski definition) is 4. The fraction of sp³-hybridized carbons (Fsp3) is 0.125. The Bertz CT molecular complexity index is 598. The molecule has 0 saturated carbocycles. The first-order valence-corrected chi connectivity index (χ1v) is 6.40. The maximum Gasteiger partial charge on any atom is 0.408 e. The van der Waals surface area contributed by atoms with Crippen LogP contribution in [0.25, 0.3) is 0 Å². The fourth-order valence-electron chi connectivity index (χ4n) is 1.81. The summed E-state index contributed by atoms with van der Waals surface area (Å²) in [5.74, 6) is -1.39. The average Bonchev–Trinajstić information content (AvgIpc) is 2.52. The first-order chi connectivity index (χ1) is 10.2. The number of benzene rings is 2. The maximum absolute atomic E-state index is 11.7.